The van der Waals surface area contributed by atoms with Gasteiger partial charge in [0.1, 0.15) is 0 Å². The van der Waals surface area contributed by atoms with Crippen molar-refractivity contribution >= 4 is 5.69 Å². The molecule has 0 unspecified atom stereocenters. The van der Waals surface area contributed by atoms with Crippen LogP contribution in [0, 0.1) is 5.41 Å². The van der Waals surface area contributed by atoms with E-state index in [-0.39, 0.29) is 0 Å². The number of benzene rings is 1. The Balaban J connectivity index is 1.55. The molecule has 1 aromatic rings. The highest BCUT2D eigenvalue weighted by molar-refractivity contribution is 5.56. The molecule has 1 heterocycles. The van der Waals surface area contributed by atoms with Crippen LogP contribution in [-0.2, 0) is 13.0 Å². The lowest BCUT2D eigenvalue weighted by molar-refractivity contribution is 0.268. The number of hydrogen-bond donors (Lipinski definition) is 2. The van der Waals surface area contributed by atoms with Gasteiger partial charge in [-0.25, -0.2) is 0 Å². The number of rotatable bonds is 5. The zero-order valence-corrected chi connectivity index (χ0v) is 12.1. The van der Waals surface area contributed by atoms with Crippen LogP contribution in [0.3, 0.4) is 0 Å². The van der Waals surface area contributed by atoms with Crippen LogP contribution in [0.15, 0.2) is 18.2 Å². The maximum atomic E-state index is 3.71. The smallest absolute Gasteiger partial charge is 0.0373 e. The molecule has 1 fully saturated rings. The normalized spacial score (nSPS) is 20.3. The molecule has 104 valence electrons. The van der Waals surface area contributed by atoms with Crippen molar-refractivity contribution in [1.29, 1.82) is 0 Å². The van der Waals surface area contributed by atoms with Crippen molar-refractivity contribution in [3.05, 3.63) is 29.3 Å². The van der Waals surface area contributed by atoms with Crippen LogP contribution in [-0.4, -0.2) is 13.1 Å². The molecule has 3 rings (SSSR count). The third kappa shape index (κ3) is 2.79. The van der Waals surface area contributed by atoms with Crippen molar-refractivity contribution < 1.29 is 0 Å². The van der Waals surface area contributed by atoms with E-state index in [0.29, 0.717) is 5.41 Å². The molecule has 0 radical (unpaired) electrons. The standard InChI is InChI=1S/C17H26N2/c1-2-17(8-3-4-9-17)13-18-12-14-5-6-16-15(11-14)7-10-19-16/h5-6,11,18-19H,2-4,7-10,12-13H2,1H3. The fourth-order valence-corrected chi connectivity index (χ4v) is 3.72. The van der Waals surface area contributed by atoms with Crippen molar-refractivity contribution in [3.8, 4) is 0 Å². The molecule has 1 saturated carbocycles. The van der Waals surface area contributed by atoms with Crippen LogP contribution in [0.2, 0.25) is 0 Å². The van der Waals surface area contributed by atoms with E-state index in [1.54, 1.807) is 0 Å². The first-order valence-corrected chi connectivity index (χ1v) is 7.88. The van der Waals surface area contributed by atoms with E-state index in [1.807, 2.05) is 0 Å². The SMILES string of the molecule is CCC1(CNCc2ccc3c(c2)CCN3)CCCC1. The van der Waals surface area contributed by atoms with Gasteiger partial charge >= 0.3 is 0 Å². The largest absolute Gasteiger partial charge is 0.384 e. The first kappa shape index (κ1) is 13.0. The highest BCUT2D eigenvalue weighted by atomic mass is 14.9. The van der Waals surface area contributed by atoms with Crippen LogP contribution in [0.5, 0.6) is 0 Å². The summed E-state index contributed by atoms with van der Waals surface area (Å²) in [5, 5.41) is 7.13. The van der Waals surface area contributed by atoms with Gasteiger partial charge in [-0.15, -0.1) is 0 Å². The van der Waals surface area contributed by atoms with Crippen LogP contribution in [0.1, 0.15) is 50.2 Å². The summed E-state index contributed by atoms with van der Waals surface area (Å²) in [5.74, 6) is 0. The van der Waals surface area contributed by atoms with E-state index in [4.69, 9.17) is 0 Å². The monoisotopic (exact) mass is 258 g/mol. The Morgan fingerprint density at radius 3 is 2.89 bits per heavy atom. The van der Waals surface area contributed by atoms with E-state index in [2.05, 4.69) is 35.8 Å². The first-order chi connectivity index (χ1) is 9.31. The van der Waals surface area contributed by atoms with Crippen molar-refractivity contribution in [2.45, 2.75) is 52.0 Å². The van der Waals surface area contributed by atoms with Gasteiger partial charge in [0, 0.05) is 25.3 Å². The molecule has 1 aliphatic heterocycles. The minimum atomic E-state index is 0.596. The molecule has 0 spiro atoms. The van der Waals surface area contributed by atoms with Crippen molar-refractivity contribution in [2.24, 2.45) is 5.41 Å². The molecule has 0 bridgehead atoms. The highest BCUT2D eigenvalue weighted by Gasteiger charge is 2.31. The Kier molecular flexibility index (Phi) is 3.79. The molecule has 0 aromatic heterocycles. The lowest BCUT2D eigenvalue weighted by Crippen LogP contribution is -2.31. The molecule has 0 atom stereocenters. The third-order valence-corrected chi connectivity index (χ3v) is 5.12. The second kappa shape index (κ2) is 5.54. The van der Waals surface area contributed by atoms with Gasteiger partial charge in [-0.3, -0.25) is 0 Å². The highest BCUT2D eigenvalue weighted by Crippen LogP contribution is 2.40. The molecule has 1 aromatic carbocycles. The summed E-state index contributed by atoms with van der Waals surface area (Å²) in [5.41, 5.74) is 4.86. The molecule has 2 heteroatoms. The minimum absolute atomic E-state index is 0.596. The van der Waals surface area contributed by atoms with E-state index in [9.17, 15) is 0 Å². The molecule has 19 heavy (non-hydrogen) atoms. The third-order valence-electron chi connectivity index (χ3n) is 5.12. The summed E-state index contributed by atoms with van der Waals surface area (Å²) in [4.78, 5) is 0. The topological polar surface area (TPSA) is 24.1 Å². The summed E-state index contributed by atoms with van der Waals surface area (Å²) in [6, 6.07) is 6.87. The predicted octanol–water partition coefficient (Wildman–Crippen LogP) is 3.71. The van der Waals surface area contributed by atoms with E-state index in [0.717, 1.165) is 13.1 Å². The summed E-state index contributed by atoms with van der Waals surface area (Å²) >= 11 is 0. The van der Waals surface area contributed by atoms with Gasteiger partial charge in [0.2, 0.25) is 0 Å². The van der Waals surface area contributed by atoms with Crippen LogP contribution < -0.4 is 10.6 Å². The quantitative estimate of drug-likeness (QED) is 0.841. The van der Waals surface area contributed by atoms with Gasteiger partial charge in [-0.05, 0) is 48.3 Å². The Bertz CT molecular complexity index is 433. The summed E-state index contributed by atoms with van der Waals surface area (Å²) in [7, 11) is 0. The molecule has 0 amide bonds. The van der Waals surface area contributed by atoms with Crippen LogP contribution in [0.25, 0.3) is 0 Å². The van der Waals surface area contributed by atoms with Crippen LogP contribution >= 0.6 is 0 Å². The number of nitrogens with one attached hydrogen (secondary N) is 2. The predicted molar refractivity (Wildman–Crippen MR) is 81.5 cm³/mol. The second-order valence-corrected chi connectivity index (χ2v) is 6.33. The van der Waals surface area contributed by atoms with Gasteiger partial charge in [0.15, 0.2) is 0 Å². The Morgan fingerprint density at radius 2 is 2.11 bits per heavy atom. The molecule has 2 N–H and O–H groups in total. The van der Waals surface area contributed by atoms with Crippen LogP contribution in [0.4, 0.5) is 5.69 Å². The summed E-state index contributed by atoms with van der Waals surface area (Å²) in [6.45, 7) is 5.67. The number of fused-ring (bicyclic) bond motifs is 1. The lowest BCUT2D eigenvalue weighted by Gasteiger charge is -2.27. The van der Waals surface area contributed by atoms with Gasteiger partial charge in [0.05, 0.1) is 0 Å². The van der Waals surface area contributed by atoms with Gasteiger partial charge < -0.3 is 10.6 Å². The summed E-state index contributed by atoms with van der Waals surface area (Å²) < 4.78 is 0. The minimum Gasteiger partial charge on any atom is -0.384 e. The van der Waals surface area contributed by atoms with Crippen molar-refractivity contribution in [3.63, 3.8) is 0 Å². The van der Waals surface area contributed by atoms with E-state index >= 15 is 0 Å². The molecular formula is C17H26N2. The Morgan fingerprint density at radius 1 is 1.26 bits per heavy atom. The molecule has 2 nitrogen and oxygen atoms in total. The fourth-order valence-electron chi connectivity index (χ4n) is 3.72. The second-order valence-electron chi connectivity index (χ2n) is 6.33. The fraction of sp³-hybridized carbons (Fsp3) is 0.647. The average Bonchev–Trinajstić information content (AvgIpc) is 3.07. The summed E-state index contributed by atoms with van der Waals surface area (Å²) in [6.07, 6.45) is 8.21. The van der Waals surface area contributed by atoms with E-state index < -0.39 is 0 Å². The molecule has 2 aliphatic rings. The van der Waals surface area contributed by atoms with Gasteiger partial charge in [-0.2, -0.15) is 0 Å². The molecular weight excluding hydrogens is 232 g/mol. The zero-order chi connectivity index (χ0) is 13.1. The molecule has 0 saturated heterocycles. The Labute approximate surface area is 117 Å². The van der Waals surface area contributed by atoms with Gasteiger partial charge in [0.25, 0.3) is 0 Å². The molecule has 1 aliphatic carbocycles. The maximum absolute atomic E-state index is 3.71. The number of hydrogen-bond acceptors (Lipinski definition) is 2. The van der Waals surface area contributed by atoms with Crippen molar-refractivity contribution in [2.75, 3.05) is 18.4 Å². The van der Waals surface area contributed by atoms with Gasteiger partial charge in [-0.1, -0.05) is 31.9 Å². The first-order valence-electron chi connectivity index (χ1n) is 7.88. The Hall–Kier alpha value is -1.02. The zero-order valence-electron chi connectivity index (χ0n) is 12.1. The van der Waals surface area contributed by atoms with Crippen molar-refractivity contribution in [1.82, 2.24) is 5.32 Å². The number of anilines is 1. The lowest BCUT2D eigenvalue weighted by atomic mass is 9.83. The maximum Gasteiger partial charge on any atom is 0.0373 e. The average molecular weight is 258 g/mol. The van der Waals surface area contributed by atoms with E-state index in [1.165, 1.54) is 61.9 Å².